The van der Waals surface area contributed by atoms with E-state index in [2.05, 4.69) is 34.6 Å². The third-order valence-corrected chi connectivity index (χ3v) is 8.25. The van der Waals surface area contributed by atoms with Crippen LogP contribution in [-0.2, 0) is 23.9 Å². The first kappa shape index (κ1) is 27.8. The fraction of sp³-hybridized carbons (Fsp3) is 0.759. The minimum atomic E-state index is -1.30. The molecule has 8 heteroatoms. The van der Waals surface area contributed by atoms with Crippen LogP contribution in [0.15, 0.2) is 24.3 Å². The molecule has 0 radical (unpaired) electrons. The van der Waals surface area contributed by atoms with Gasteiger partial charge in [-0.1, -0.05) is 45.1 Å². The van der Waals surface area contributed by atoms with Crippen LogP contribution < -0.4 is 0 Å². The van der Waals surface area contributed by atoms with E-state index < -0.39 is 40.6 Å². The lowest BCUT2D eigenvalue weighted by atomic mass is 9.74. The van der Waals surface area contributed by atoms with E-state index in [0.29, 0.717) is 19.6 Å². The molecule has 0 aromatic carbocycles. The summed E-state index contributed by atoms with van der Waals surface area (Å²) in [6.45, 7) is 13.2. The van der Waals surface area contributed by atoms with Crippen LogP contribution in [0, 0.1) is 17.3 Å². The van der Waals surface area contributed by atoms with Crippen molar-refractivity contribution in [3.05, 3.63) is 24.3 Å². The molecule has 5 atom stereocenters. The van der Waals surface area contributed by atoms with Crippen molar-refractivity contribution in [2.45, 2.75) is 96.4 Å². The Hall–Kier alpha value is -2.19. The Morgan fingerprint density at radius 1 is 1.03 bits per heavy atom. The number of rotatable bonds is 5. The number of carbonyl (C=O) groups is 3. The summed E-state index contributed by atoms with van der Waals surface area (Å²) >= 11 is 0. The van der Waals surface area contributed by atoms with Gasteiger partial charge < -0.3 is 24.4 Å². The molecular weight excluding hydrogens is 472 g/mol. The zero-order valence-electron chi connectivity index (χ0n) is 23.3. The summed E-state index contributed by atoms with van der Waals surface area (Å²) < 4.78 is 12.5. The first-order chi connectivity index (χ1) is 17.3. The van der Waals surface area contributed by atoms with Crippen LogP contribution in [0.4, 0.5) is 0 Å². The van der Waals surface area contributed by atoms with E-state index in [-0.39, 0.29) is 30.4 Å². The minimum Gasteiger partial charge on any atom is -0.465 e. The van der Waals surface area contributed by atoms with Crippen LogP contribution in [-0.4, -0.2) is 81.8 Å². The number of carbonyl (C=O) groups excluding carboxylic acids is 3. The van der Waals surface area contributed by atoms with Crippen molar-refractivity contribution < 1.29 is 29.0 Å². The minimum absolute atomic E-state index is 0.0174. The highest BCUT2D eigenvalue weighted by Gasteiger charge is 2.74. The Morgan fingerprint density at radius 2 is 1.76 bits per heavy atom. The van der Waals surface area contributed by atoms with Crippen molar-refractivity contribution >= 4 is 17.8 Å². The number of fused-ring (bicyclic) bond motifs is 2. The van der Waals surface area contributed by atoms with E-state index in [1.54, 1.807) is 4.90 Å². The summed E-state index contributed by atoms with van der Waals surface area (Å²) in [5.41, 5.74) is -2.88. The second kappa shape index (κ2) is 9.84. The van der Waals surface area contributed by atoms with E-state index in [1.807, 2.05) is 36.1 Å². The average molecular weight is 517 g/mol. The molecule has 206 valence electrons. The maximum atomic E-state index is 14.5. The smallest absolute Gasteiger partial charge is 0.313 e. The van der Waals surface area contributed by atoms with Gasteiger partial charge in [-0.25, -0.2) is 0 Å². The van der Waals surface area contributed by atoms with Gasteiger partial charge in [0.25, 0.3) is 0 Å². The van der Waals surface area contributed by atoms with Crippen LogP contribution in [0.25, 0.3) is 0 Å². The molecule has 4 heterocycles. The number of cyclic esters (lactones) is 1. The van der Waals surface area contributed by atoms with Gasteiger partial charge in [-0.3, -0.25) is 14.4 Å². The Balaban J connectivity index is 1.83. The molecule has 0 saturated carbocycles. The Morgan fingerprint density at radius 3 is 2.43 bits per heavy atom. The second-order valence-electron chi connectivity index (χ2n) is 13.1. The number of amides is 2. The Labute approximate surface area is 221 Å². The summed E-state index contributed by atoms with van der Waals surface area (Å²) in [4.78, 5) is 45.5. The van der Waals surface area contributed by atoms with Gasteiger partial charge in [0.15, 0.2) is 0 Å². The van der Waals surface area contributed by atoms with Crippen molar-refractivity contribution in [2.24, 2.45) is 17.3 Å². The van der Waals surface area contributed by atoms with Gasteiger partial charge in [0.2, 0.25) is 11.8 Å². The highest BCUT2D eigenvalue weighted by molar-refractivity contribution is 5.99. The molecule has 1 spiro atoms. The van der Waals surface area contributed by atoms with Crippen LogP contribution >= 0.6 is 0 Å². The molecule has 4 aliphatic heterocycles. The lowest BCUT2D eigenvalue weighted by Gasteiger charge is -2.44. The molecule has 0 bridgehead atoms. The van der Waals surface area contributed by atoms with Crippen molar-refractivity contribution in [2.75, 3.05) is 26.3 Å². The Bertz CT molecular complexity index is 981. The number of nitrogens with zero attached hydrogens (tertiary/aromatic N) is 2. The van der Waals surface area contributed by atoms with E-state index in [0.717, 1.165) is 25.7 Å². The molecule has 2 saturated heterocycles. The second-order valence-corrected chi connectivity index (χ2v) is 13.1. The first-order valence-electron chi connectivity index (χ1n) is 13.7. The van der Waals surface area contributed by atoms with Crippen LogP contribution in [0.1, 0.15) is 73.6 Å². The molecule has 2 fully saturated rings. The number of allylic oxidation sites excluding steroid dienone is 1. The predicted octanol–water partition coefficient (Wildman–Crippen LogP) is 3.24. The molecule has 8 nitrogen and oxygen atoms in total. The molecule has 4 rings (SSSR count). The van der Waals surface area contributed by atoms with E-state index >= 15 is 0 Å². The molecule has 1 N–H and O–H groups in total. The van der Waals surface area contributed by atoms with Crippen LogP contribution in [0.5, 0.6) is 0 Å². The number of likely N-dealkylation sites (tertiary alicyclic amines) is 1. The summed E-state index contributed by atoms with van der Waals surface area (Å²) in [5.74, 6) is -2.69. The zero-order valence-corrected chi connectivity index (χ0v) is 23.3. The fourth-order valence-corrected chi connectivity index (χ4v) is 7.22. The highest BCUT2D eigenvalue weighted by atomic mass is 16.6. The average Bonchev–Trinajstić information content (AvgIpc) is 3.10. The SMILES string of the molecule is CC(C)(C)CC(C)(C)N1CC=C[C@]23O[C@]4(C)/C=C\CCCCOC(=O)[C@@H]4[C@H]2C(=O)N(CCCO)C3C1=O. The third-order valence-electron chi connectivity index (χ3n) is 8.25. The number of hydrogen-bond acceptors (Lipinski definition) is 6. The lowest BCUT2D eigenvalue weighted by molar-refractivity contribution is -0.161. The normalized spacial score (nSPS) is 35.5. The van der Waals surface area contributed by atoms with Crippen LogP contribution in [0.3, 0.4) is 0 Å². The quantitative estimate of drug-likeness (QED) is 0.445. The third kappa shape index (κ3) is 4.87. The Kier molecular flexibility index (Phi) is 7.40. The van der Waals surface area contributed by atoms with Crippen molar-refractivity contribution in [1.29, 1.82) is 0 Å². The molecule has 4 aliphatic rings. The molecule has 1 unspecified atom stereocenters. The number of ether oxygens (including phenoxy) is 2. The summed E-state index contributed by atoms with van der Waals surface area (Å²) in [6.07, 6.45) is 11.3. The highest BCUT2D eigenvalue weighted by Crippen LogP contribution is 2.57. The molecular formula is C29H44N2O6. The molecule has 0 aromatic rings. The predicted molar refractivity (Wildman–Crippen MR) is 139 cm³/mol. The topological polar surface area (TPSA) is 96.4 Å². The molecule has 0 aromatic heterocycles. The van der Waals surface area contributed by atoms with Gasteiger partial charge in [-0.15, -0.1) is 0 Å². The summed E-state index contributed by atoms with van der Waals surface area (Å²) in [6, 6.07) is -0.926. The van der Waals surface area contributed by atoms with E-state index in [9.17, 15) is 19.5 Å². The first-order valence-corrected chi connectivity index (χ1v) is 13.7. The van der Waals surface area contributed by atoms with Gasteiger partial charge in [-0.2, -0.15) is 0 Å². The standard InChI is InChI=1S/C29H44N2O6/c1-26(2,3)19-27(4,5)31-16-11-14-29-20(23(33)30(15-12-17-32)22(29)24(31)34)21-25(35)36-18-10-8-7-9-13-28(21,6)37-29/h9,11,13-14,20-22,32H,7-8,10,12,15-19H2,1-6H3/b13-9-/t20-,21-,22?,28+,29-/m0/s1. The molecule has 0 aliphatic carbocycles. The van der Waals surface area contributed by atoms with E-state index in [1.165, 1.54) is 0 Å². The number of hydrogen-bond donors (Lipinski definition) is 1. The molecule has 2 amide bonds. The summed E-state index contributed by atoms with van der Waals surface area (Å²) in [5, 5.41) is 9.58. The maximum Gasteiger partial charge on any atom is 0.313 e. The number of esters is 1. The monoisotopic (exact) mass is 516 g/mol. The zero-order chi connectivity index (χ0) is 27.2. The molecule has 37 heavy (non-hydrogen) atoms. The van der Waals surface area contributed by atoms with Crippen molar-refractivity contribution in [1.82, 2.24) is 9.80 Å². The van der Waals surface area contributed by atoms with Gasteiger partial charge in [0.05, 0.1) is 18.1 Å². The van der Waals surface area contributed by atoms with Crippen molar-refractivity contribution in [3.8, 4) is 0 Å². The van der Waals surface area contributed by atoms with Gasteiger partial charge in [-0.05, 0) is 58.3 Å². The van der Waals surface area contributed by atoms with Crippen molar-refractivity contribution in [3.63, 3.8) is 0 Å². The fourth-order valence-electron chi connectivity index (χ4n) is 7.22. The largest absolute Gasteiger partial charge is 0.465 e. The summed E-state index contributed by atoms with van der Waals surface area (Å²) in [7, 11) is 0. The van der Waals surface area contributed by atoms with Gasteiger partial charge in [0.1, 0.15) is 17.6 Å². The van der Waals surface area contributed by atoms with Gasteiger partial charge >= 0.3 is 5.97 Å². The van der Waals surface area contributed by atoms with Gasteiger partial charge in [0, 0.05) is 25.2 Å². The van der Waals surface area contributed by atoms with Crippen LogP contribution in [0.2, 0.25) is 0 Å². The lowest BCUT2D eigenvalue weighted by Crippen LogP contribution is -2.60. The van der Waals surface area contributed by atoms with E-state index in [4.69, 9.17) is 9.47 Å². The number of aliphatic hydroxyl groups excluding tert-OH is 1. The maximum absolute atomic E-state index is 14.5. The number of aliphatic hydroxyl groups is 1.